The minimum absolute atomic E-state index is 0.0732. The summed E-state index contributed by atoms with van der Waals surface area (Å²) < 4.78 is 0. The molecule has 0 bridgehead atoms. The lowest BCUT2D eigenvalue weighted by Crippen LogP contribution is -2.55. The zero-order valence-electron chi connectivity index (χ0n) is 11.1. The third-order valence-corrected chi connectivity index (χ3v) is 3.84. The average molecular weight is 242 g/mol. The van der Waals surface area contributed by atoms with Crippen LogP contribution < -0.4 is 11.1 Å². The van der Waals surface area contributed by atoms with Crippen LogP contribution >= 0.6 is 0 Å². The van der Waals surface area contributed by atoms with Gasteiger partial charge in [-0.2, -0.15) is 0 Å². The zero-order chi connectivity index (χ0) is 12.8. The topological polar surface area (TPSA) is 38.0 Å². The summed E-state index contributed by atoms with van der Waals surface area (Å²) in [7, 11) is 0. The monoisotopic (exact) mass is 242 g/mol. The Balaban J connectivity index is 2.03. The summed E-state index contributed by atoms with van der Waals surface area (Å²) in [5.74, 6) is 6.03. The molecule has 1 atom stereocenters. The molecule has 1 aromatic rings. The summed E-state index contributed by atoms with van der Waals surface area (Å²) in [5, 5.41) is 3.63. The fourth-order valence-electron chi connectivity index (χ4n) is 2.71. The van der Waals surface area contributed by atoms with Crippen LogP contribution in [0.3, 0.4) is 0 Å². The normalized spacial score (nSPS) is 21.9. The van der Waals surface area contributed by atoms with Gasteiger partial charge in [0.1, 0.15) is 0 Å². The molecule has 3 N–H and O–H groups in total. The Hall–Kier alpha value is -1.30. The molecule has 0 saturated heterocycles. The van der Waals surface area contributed by atoms with Crippen LogP contribution in [0.25, 0.3) is 0 Å². The molecule has 0 spiro atoms. The molecule has 0 radical (unpaired) electrons. The molecule has 1 aliphatic carbocycles. The summed E-state index contributed by atoms with van der Waals surface area (Å²) in [6, 6.07) is 8.71. The summed E-state index contributed by atoms with van der Waals surface area (Å²) in [4.78, 5) is 0. The van der Waals surface area contributed by atoms with Crippen LogP contribution in [0.1, 0.15) is 30.9 Å². The molecular formula is C16H22N2. The summed E-state index contributed by atoms with van der Waals surface area (Å²) in [6.45, 7) is 3.51. The van der Waals surface area contributed by atoms with Crippen molar-refractivity contribution in [2.24, 2.45) is 5.73 Å². The Kier molecular flexibility index (Phi) is 4.41. The molecule has 18 heavy (non-hydrogen) atoms. The maximum atomic E-state index is 6.01. The van der Waals surface area contributed by atoms with Gasteiger partial charge in [-0.1, -0.05) is 24.3 Å². The Morgan fingerprint density at radius 3 is 2.83 bits per heavy atom. The van der Waals surface area contributed by atoms with E-state index in [1.807, 2.05) is 6.92 Å². The molecule has 1 aliphatic rings. The predicted molar refractivity (Wildman–Crippen MR) is 76.3 cm³/mol. The van der Waals surface area contributed by atoms with Gasteiger partial charge in [-0.05, 0) is 37.3 Å². The van der Waals surface area contributed by atoms with Crippen molar-refractivity contribution >= 4 is 0 Å². The predicted octanol–water partition coefficient (Wildman–Crippen LogP) is 1.88. The van der Waals surface area contributed by atoms with E-state index >= 15 is 0 Å². The Morgan fingerprint density at radius 1 is 1.33 bits per heavy atom. The lowest BCUT2D eigenvalue weighted by molar-refractivity contribution is 0.297. The second-order valence-electron chi connectivity index (χ2n) is 5.03. The van der Waals surface area contributed by atoms with Crippen LogP contribution in [-0.4, -0.2) is 18.6 Å². The molecule has 2 heteroatoms. The largest absolute Gasteiger partial charge is 0.329 e. The van der Waals surface area contributed by atoms with Crippen molar-refractivity contribution in [2.75, 3.05) is 13.1 Å². The third-order valence-electron chi connectivity index (χ3n) is 3.84. The van der Waals surface area contributed by atoms with Crippen LogP contribution in [0.5, 0.6) is 0 Å². The van der Waals surface area contributed by atoms with Gasteiger partial charge in [0.25, 0.3) is 0 Å². The first-order valence-electron chi connectivity index (χ1n) is 6.71. The number of hydrogen-bond acceptors (Lipinski definition) is 2. The first kappa shape index (κ1) is 13.1. The van der Waals surface area contributed by atoms with Gasteiger partial charge in [0.2, 0.25) is 0 Å². The van der Waals surface area contributed by atoms with E-state index in [0.717, 1.165) is 32.2 Å². The highest BCUT2D eigenvalue weighted by molar-refractivity contribution is 5.32. The second-order valence-corrected chi connectivity index (χ2v) is 5.03. The van der Waals surface area contributed by atoms with Crippen molar-refractivity contribution in [2.45, 2.75) is 38.1 Å². The van der Waals surface area contributed by atoms with Gasteiger partial charge in [0.05, 0.1) is 0 Å². The molecule has 0 aromatic heterocycles. The molecule has 0 aliphatic heterocycles. The van der Waals surface area contributed by atoms with E-state index in [4.69, 9.17) is 5.73 Å². The van der Waals surface area contributed by atoms with Crippen molar-refractivity contribution < 1.29 is 0 Å². The standard InChI is InChI=1S/C16H22N2/c1-2-3-6-11-18-16(13-17)10-9-14-7-4-5-8-15(14)12-16/h4-5,7-8,18H,6,9-13,17H2,1H3. The van der Waals surface area contributed by atoms with E-state index < -0.39 is 0 Å². The fraction of sp³-hybridized carbons (Fsp3) is 0.500. The minimum atomic E-state index is 0.0732. The van der Waals surface area contributed by atoms with E-state index in [1.165, 1.54) is 11.1 Å². The SMILES string of the molecule is CC#CCCNC1(CN)CCc2ccccc2C1. The van der Waals surface area contributed by atoms with Crippen molar-refractivity contribution in [1.29, 1.82) is 0 Å². The van der Waals surface area contributed by atoms with Crippen molar-refractivity contribution in [1.82, 2.24) is 5.32 Å². The Bertz CT molecular complexity index is 456. The Labute approximate surface area is 110 Å². The van der Waals surface area contributed by atoms with Crippen LogP contribution in [0.2, 0.25) is 0 Å². The molecule has 1 aromatic carbocycles. The maximum Gasteiger partial charge on any atom is 0.0348 e. The minimum Gasteiger partial charge on any atom is -0.329 e. The van der Waals surface area contributed by atoms with Crippen molar-refractivity contribution in [3.63, 3.8) is 0 Å². The van der Waals surface area contributed by atoms with Crippen molar-refractivity contribution in [3.8, 4) is 11.8 Å². The van der Waals surface area contributed by atoms with E-state index in [9.17, 15) is 0 Å². The molecule has 0 fully saturated rings. The quantitative estimate of drug-likeness (QED) is 0.625. The van der Waals surface area contributed by atoms with E-state index in [1.54, 1.807) is 0 Å². The van der Waals surface area contributed by atoms with Gasteiger partial charge in [-0.15, -0.1) is 11.8 Å². The van der Waals surface area contributed by atoms with Crippen LogP contribution in [-0.2, 0) is 12.8 Å². The first-order valence-corrected chi connectivity index (χ1v) is 6.71. The van der Waals surface area contributed by atoms with E-state index in [2.05, 4.69) is 41.4 Å². The van der Waals surface area contributed by atoms with Gasteiger partial charge >= 0.3 is 0 Å². The van der Waals surface area contributed by atoms with Gasteiger partial charge in [0.15, 0.2) is 0 Å². The molecule has 2 rings (SSSR count). The molecule has 0 heterocycles. The van der Waals surface area contributed by atoms with Gasteiger partial charge in [-0.25, -0.2) is 0 Å². The van der Waals surface area contributed by atoms with Gasteiger partial charge in [0, 0.05) is 25.0 Å². The maximum absolute atomic E-state index is 6.01. The number of nitrogens with two attached hydrogens (primary N) is 1. The molecule has 0 saturated carbocycles. The highest BCUT2D eigenvalue weighted by atomic mass is 15.0. The highest BCUT2D eigenvalue weighted by Gasteiger charge is 2.32. The van der Waals surface area contributed by atoms with E-state index in [-0.39, 0.29) is 5.54 Å². The number of hydrogen-bond donors (Lipinski definition) is 2. The zero-order valence-corrected chi connectivity index (χ0v) is 11.1. The van der Waals surface area contributed by atoms with Crippen LogP contribution in [0, 0.1) is 11.8 Å². The van der Waals surface area contributed by atoms with Crippen LogP contribution in [0.15, 0.2) is 24.3 Å². The van der Waals surface area contributed by atoms with E-state index in [0.29, 0.717) is 6.54 Å². The average Bonchev–Trinajstić information content (AvgIpc) is 2.43. The smallest absolute Gasteiger partial charge is 0.0348 e. The lowest BCUT2D eigenvalue weighted by atomic mass is 9.78. The summed E-state index contributed by atoms with van der Waals surface area (Å²) in [5.41, 5.74) is 9.02. The fourth-order valence-corrected chi connectivity index (χ4v) is 2.71. The van der Waals surface area contributed by atoms with Crippen LogP contribution in [0.4, 0.5) is 0 Å². The third kappa shape index (κ3) is 2.93. The molecule has 0 amide bonds. The number of rotatable bonds is 4. The van der Waals surface area contributed by atoms with Gasteiger partial charge in [-0.3, -0.25) is 0 Å². The summed E-state index contributed by atoms with van der Waals surface area (Å²) >= 11 is 0. The van der Waals surface area contributed by atoms with Gasteiger partial charge < -0.3 is 11.1 Å². The molecule has 96 valence electrons. The number of fused-ring (bicyclic) bond motifs is 1. The molecular weight excluding hydrogens is 220 g/mol. The number of aryl methyl sites for hydroxylation is 1. The summed E-state index contributed by atoms with van der Waals surface area (Å²) in [6.07, 6.45) is 4.19. The first-order chi connectivity index (χ1) is 8.79. The molecule has 1 unspecified atom stereocenters. The van der Waals surface area contributed by atoms with Crippen molar-refractivity contribution in [3.05, 3.63) is 35.4 Å². The Morgan fingerprint density at radius 2 is 2.11 bits per heavy atom. The lowest BCUT2D eigenvalue weighted by Gasteiger charge is -2.38. The number of benzene rings is 1. The number of nitrogens with one attached hydrogen (secondary N) is 1. The second kappa shape index (κ2) is 6.04. The highest BCUT2D eigenvalue weighted by Crippen LogP contribution is 2.28. The molecule has 2 nitrogen and oxygen atoms in total.